The zero-order valence-electron chi connectivity index (χ0n) is 13.9. The van der Waals surface area contributed by atoms with E-state index in [1.54, 1.807) is 7.11 Å². The van der Waals surface area contributed by atoms with E-state index >= 15 is 0 Å². The van der Waals surface area contributed by atoms with Gasteiger partial charge in [-0.1, -0.05) is 76.6 Å². The Balaban J connectivity index is 1.95. The number of hydrogen-bond acceptors (Lipinski definition) is 1. The first-order valence-electron chi connectivity index (χ1n) is 8.18. The van der Waals surface area contributed by atoms with Gasteiger partial charge >= 0.3 is 0 Å². The van der Waals surface area contributed by atoms with E-state index in [4.69, 9.17) is 4.74 Å². The second-order valence-corrected chi connectivity index (χ2v) is 6.81. The van der Waals surface area contributed by atoms with Gasteiger partial charge in [-0.25, -0.2) is 0 Å². The van der Waals surface area contributed by atoms with Gasteiger partial charge in [-0.2, -0.15) is 0 Å². The highest BCUT2D eigenvalue weighted by atomic mass is 79.9. The van der Waals surface area contributed by atoms with Crippen LogP contribution in [0.4, 0.5) is 0 Å². The minimum atomic E-state index is 0.857. The quantitative estimate of drug-likeness (QED) is 0.369. The molecule has 2 heteroatoms. The minimum absolute atomic E-state index is 0.857. The summed E-state index contributed by atoms with van der Waals surface area (Å²) in [5, 5.41) is 2.50. The predicted octanol–water partition coefficient (Wildman–Crippen LogP) is 6.94. The third-order valence-corrected chi connectivity index (χ3v) is 5.14. The number of rotatable bonds is 3. The van der Waals surface area contributed by atoms with E-state index in [1.165, 1.54) is 21.9 Å². The lowest BCUT2D eigenvalue weighted by molar-refractivity contribution is 0.415. The molecule has 4 rings (SSSR count). The van der Waals surface area contributed by atoms with Crippen LogP contribution in [-0.2, 0) is 0 Å². The standard InChI is InChI=1S/C23H17BrO/c1-25-19-12-13-20(22(15-19)21-8-4-5-9-23(21)24)18-11-10-16-6-2-3-7-17(16)14-18/h2-15H,1H3. The Hall–Kier alpha value is -2.58. The molecule has 122 valence electrons. The Morgan fingerprint density at radius 2 is 1.40 bits per heavy atom. The van der Waals surface area contributed by atoms with Gasteiger partial charge in [-0.15, -0.1) is 0 Å². The van der Waals surface area contributed by atoms with Crippen molar-refractivity contribution in [1.82, 2.24) is 0 Å². The average Bonchev–Trinajstić information content (AvgIpc) is 2.67. The molecular formula is C23H17BrO. The maximum atomic E-state index is 5.46. The van der Waals surface area contributed by atoms with Crippen molar-refractivity contribution in [2.45, 2.75) is 0 Å². The smallest absolute Gasteiger partial charge is 0.119 e. The van der Waals surface area contributed by atoms with Gasteiger partial charge in [0.2, 0.25) is 0 Å². The van der Waals surface area contributed by atoms with Gasteiger partial charge in [0.05, 0.1) is 7.11 Å². The molecule has 0 N–H and O–H groups in total. The summed E-state index contributed by atoms with van der Waals surface area (Å²) in [4.78, 5) is 0. The molecular weight excluding hydrogens is 372 g/mol. The molecule has 0 aliphatic carbocycles. The summed E-state index contributed by atoms with van der Waals surface area (Å²) in [6, 6.07) is 29.6. The minimum Gasteiger partial charge on any atom is -0.497 e. The molecule has 0 atom stereocenters. The third kappa shape index (κ3) is 3.06. The lowest BCUT2D eigenvalue weighted by Gasteiger charge is -2.14. The van der Waals surface area contributed by atoms with Crippen LogP contribution in [0.2, 0.25) is 0 Å². The monoisotopic (exact) mass is 388 g/mol. The van der Waals surface area contributed by atoms with Gasteiger partial charge in [0.1, 0.15) is 5.75 Å². The largest absolute Gasteiger partial charge is 0.497 e. The van der Waals surface area contributed by atoms with Gasteiger partial charge in [0.25, 0.3) is 0 Å². The number of hydrogen-bond donors (Lipinski definition) is 0. The van der Waals surface area contributed by atoms with Crippen molar-refractivity contribution in [3.05, 3.63) is 89.4 Å². The van der Waals surface area contributed by atoms with Crippen LogP contribution in [0.1, 0.15) is 0 Å². The van der Waals surface area contributed by atoms with Crippen molar-refractivity contribution in [2.75, 3.05) is 7.11 Å². The molecule has 0 aromatic heterocycles. The summed E-state index contributed by atoms with van der Waals surface area (Å²) in [6.45, 7) is 0. The molecule has 0 saturated carbocycles. The Morgan fingerprint density at radius 1 is 0.640 bits per heavy atom. The first-order valence-corrected chi connectivity index (χ1v) is 8.98. The van der Waals surface area contributed by atoms with E-state index in [9.17, 15) is 0 Å². The van der Waals surface area contributed by atoms with Crippen molar-refractivity contribution in [1.29, 1.82) is 0 Å². The molecule has 25 heavy (non-hydrogen) atoms. The van der Waals surface area contributed by atoms with Gasteiger partial charge in [-0.05, 0) is 57.3 Å². The van der Waals surface area contributed by atoms with Crippen LogP contribution in [0, 0.1) is 0 Å². The fraction of sp³-hybridized carbons (Fsp3) is 0.0435. The Kier molecular flexibility index (Phi) is 4.29. The first kappa shape index (κ1) is 15.9. The van der Waals surface area contributed by atoms with Crippen LogP contribution >= 0.6 is 15.9 Å². The fourth-order valence-corrected chi connectivity index (χ4v) is 3.66. The summed E-state index contributed by atoms with van der Waals surface area (Å²) in [5.41, 5.74) is 4.71. The number of methoxy groups -OCH3 is 1. The molecule has 0 amide bonds. The maximum absolute atomic E-state index is 5.46. The number of ether oxygens (including phenoxy) is 1. The summed E-state index contributed by atoms with van der Waals surface area (Å²) in [5.74, 6) is 0.857. The van der Waals surface area contributed by atoms with Crippen LogP contribution in [0.25, 0.3) is 33.0 Å². The SMILES string of the molecule is COc1ccc(-c2ccc3ccccc3c2)c(-c2ccccc2Br)c1. The topological polar surface area (TPSA) is 9.23 Å². The van der Waals surface area contributed by atoms with Gasteiger partial charge in [0, 0.05) is 4.47 Å². The molecule has 0 aliphatic heterocycles. The van der Waals surface area contributed by atoms with Crippen LogP contribution in [0.5, 0.6) is 5.75 Å². The summed E-state index contributed by atoms with van der Waals surface area (Å²) < 4.78 is 6.54. The highest BCUT2D eigenvalue weighted by Gasteiger charge is 2.12. The predicted molar refractivity (Wildman–Crippen MR) is 109 cm³/mol. The third-order valence-electron chi connectivity index (χ3n) is 4.45. The highest BCUT2D eigenvalue weighted by Crippen LogP contribution is 2.39. The van der Waals surface area contributed by atoms with E-state index in [1.807, 2.05) is 12.1 Å². The first-order chi connectivity index (χ1) is 12.3. The van der Waals surface area contributed by atoms with Crippen molar-refractivity contribution < 1.29 is 4.74 Å². The van der Waals surface area contributed by atoms with Crippen LogP contribution in [0.15, 0.2) is 89.4 Å². The Morgan fingerprint density at radius 3 is 2.20 bits per heavy atom. The number of fused-ring (bicyclic) bond motifs is 1. The molecule has 0 spiro atoms. The van der Waals surface area contributed by atoms with Gasteiger partial charge < -0.3 is 4.74 Å². The Bertz CT molecular complexity index is 1050. The Labute approximate surface area is 156 Å². The molecule has 0 radical (unpaired) electrons. The zero-order valence-corrected chi connectivity index (χ0v) is 15.5. The second kappa shape index (κ2) is 6.73. The molecule has 4 aromatic rings. The van der Waals surface area contributed by atoms with Crippen molar-refractivity contribution >= 4 is 26.7 Å². The van der Waals surface area contributed by atoms with Crippen LogP contribution in [0.3, 0.4) is 0 Å². The molecule has 0 bridgehead atoms. The second-order valence-electron chi connectivity index (χ2n) is 5.95. The van der Waals surface area contributed by atoms with Crippen LogP contribution < -0.4 is 4.74 Å². The average molecular weight is 389 g/mol. The number of benzene rings is 4. The lowest BCUT2D eigenvalue weighted by atomic mass is 9.93. The van der Waals surface area contributed by atoms with Crippen molar-refractivity contribution in [3.63, 3.8) is 0 Å². The van der Waals surface area contributed by atoms with Gasteiger partial charge in [-0.3, -0.25) is 0 Å². The summed E-state index contributed by atoms with van der Waals surface area (Å²) in [7, 11) is 1.70. The van der Waals surface area contributed by atoms with Crippen molar-refractivity contribution in [3.8, 4) is 28.0 Å². The van der Waals surface area contributed by atoms with E-state index < -0.39 is 0 Å². The number of halogens is 1. The van der Waals surface area contributed by atoms with E-state index in [-0.39, 0.29) is 0 Å². The molecule has 0 saturated heterocycles. The van der Waals surface area contributed by atoms with Gasteiger partial charge in [0.15, 0.2) is 0 Å². The summed E-state index contributed by atoms with van der Waals surface area (Å²) >= 11 is 3.69. The van der Waals surface area contributed by atoms with E-state index in [2.05, 4.69) is 88.7 Å². The molecule has 1 nitrogen and oxygen atoms in total. The van der Waals surface area contributed by atoms with Crippen LogP contribution in [-0.4, -0.2) is 7.11 Å². The highest BCUT2D eigenvalue weighted by molar-refractivity contribution is 9.10. The molecule has 0 fully saturated rings. The van der Waals surface area contributed by atoms with Crippen molar-refractivity contribution in [2.24, 2.45) is 0 Å². The van der Waals surface area contributed by atoms with E-state index in [0.717, 1.165) is 21.3 Å². The molecule has 4 aromatic carbocycles. The molecule has 0 unspecified atom stereocenters. The maximum Gasteiger partial charge on any atom is 0.119 e. The van der Waals surface area contributed by atoms with E-state index in [0.29, 0.717) is 0 Å². The molecule has 0 aliphatic rings. The zero-order chi connectivity index (χ0) is 17.2. The molecule has 0 heterocycles. The lowest BCUT2D eigenvalue weighted by Crippen LogP contribution is -1.90. The summed E-state index contributed by atoms with van der Waals surface area (Å²) in [6.07, 6.45) is 0. The normalized spacial score (nSPS) is 10.8. The fourth-order valence-electron chi connectivity index (χ4n) is 3.16.